The van der Waals surface area contributed by atoms with Crippen LogP contribution in [0, 0.1) is 5.92 Å². The largest absolute Gasteiger partial charge is 0.380 e. The van der Waals surface area contributed by atoms with Gasteiger partial charge in [-0.2, -0.15) is 0 Å². The maximum absolute atomic E-state index is 12.0. The van der Waals surface area contributed by atoms with E-state index in [1.54, 1.807) is 0 Å². The lowest BCUT2D eigenvalue weighted by atomic mass is 10.1. The van der Waals surface area contributed by atoms with Gasteiger partial charge in [0, 0.05) is 19.4 Å². The van der Waals surface area contributed by atoms with Crippen LogP contribution in [0.3, 0.4) is 0 Å². The Hall–Kier alpha value is -1.23. The lowest BCUT2D eigenvalue weighted by molar-refractivity contribution is 0.0829. The quantitative estimate of drug-likeness (QED) is 0.728. The van der Waals surface area contributed by atoms with Crippen molar-refractivity contribution in [1.29, 1.82) is 0 Å². The minimum absolute atomic E-state index is 0.0176. The molecule has 0 spiro atoms. The Morgan fingerprint density at radius 2 is 1.95 bits per heavy atom. The monoisotopic (exact) mass is 337 g/mol. The summed E-state index contributed by atoms with van der Waals surface area (Å²) >= 11 is 0. The number of nitrogens with two attached hydrogens (primary N) is 1. The van der Waals surface area contributed by atoms with E-state index in [0.29, 0.717) is 0 Å². The van der Waals surface area contributed by atoms with Crippen LogP contribution >= 0.6 is 0 Å². The van der Waals surface area contributed by atoms with E-state index in [1.807, 2.05) is 13.8 Å². The number of aromatic nitrogens is 1. The lowest BCUT2D eigenvalue weighted by Crippen LogP contribution is -2.31. The molecule has 1 aromatic rings. The van der Waals surface area contributed by atoms with Crippen molar-refractivity contribution in [3.05, 3.63) is 18.3 Å². The third-order valence-electron chi connectivity index (χ3n) is 2.73. The molecule has 21 heavy (non-hydrogen) atoms. The summed E-state index contributed by atoms with van der Waals surface area (Å²) < 4.78 is 53.8. The molecule has 0 aliphatic rings. The number of primary sulfonamides is 1. The van der Waals surface area contributed by atoms with Crippen LogP contribution < -0.4 is 9.86 Å². The standard InChI is InChI=1S/C11H19N3O5S2/c1-8(2)10(19-3)7-20(15,16)14-9-4-5-13-11(6-9)21(12,17)18/h4-6,8,10H,7H2,1-3H3,(H,13,14)(H2,12,17,18). The molecule has 0 fully saturated rings. The van der Waals surface area contributed by atoms with Gasteiger partial charge in [0.15, 0.2) is 5.03 Å². The lowest BCUT2D eigenvalue weighted by Gasteiger charge is -2.19. The van der Waals surface area contributed by atoms with Crippen molar-refractivity contribution in [1.82, 2.24) is 4.98 Å². The van der Waals surface area contributed by atoms with Crippen molar-refractivity contribution < 1.29 is 21.6 Å². The first-order valence-electron chi connectivity index (χ1n) is 6.07. The van der Waals surface area contributed by atoms with E-state index in [4.69, 9.17) is 9.88 Å². The molecule has 0 radical (unpaired) electrons. The molecule has 0 bridgehead atoms. The number of hydrogen-bond acceptors (Lipinski definition) is 6. The molecular formula is C11H19N3O5S2. The fourth-order valence-electron chi connectivity index (χ4n) is 1.60. The number of hydrogen-bond donors (Lipinski definition) is 2. The summed E-state index contributed by atoms with van der Waals surface area (Å²) in [5.41, 5.74) is 0.0765. The van der Waals surface area contributed by atoms with Crippen molar-refractivity contribution in [3.8, 4) is 0 Å². The Bertz CT molecular complexity index is 686. The van der Waals surface area contributed by atoms with E-state index in [2.05, 4.69) is 9.71 Å². The number of nitrogens with zero attached hydrogens (tertiary/aromatic N) is 1. The highest BCUT2D eigenvalue weighted by atomic mass is 32.2. The average molecular weight is 337 g/mol. The third kappa shape index (κ3) is 5.58. The van der Waals surface area contributed by atoms with Gasteiger partial charge in [-0.25, -0.2) is 27.0 Å². The molecule has 120 valence electrons. The molecular weight excluding hydrogens is 318 g/mol. The van der Waals surface area contributed by atoms with Crippen molar-refractivity contribution in [2.45, 2.75) is 25.0 Å². The van der Waals surface area contributed by atoms with Gasteiger partial charge < -0.3 is 4.74 Å². The second-order valence-corrected chi connectivity index (χ2v) is 8.10. The SMILES string of the molecule is COC(CS(=O)(=O)Nc1ccnc(S(N)(=O)=O)c1)C(C)C. The normalized spacial score (nSPS) is 14.1. The van der Waals surface area contributed by atoms with Gasteiger partial charge in [0.1, 0.15) is 0 Å². The van der Waals surface area contributed by atoms with Gasteiger partial charge in [-0.1, -0.05) is 13.8 Å². The zero-order chi connectivity index (χ0) is 16.3. The van der Waals surface area contributed by atoms with Crippen LogP contribution in [0.15, 0.2) is 23.4 Å². The van der Waals surface area contributed by atoms with Crippen LogP contribution in [0.2, 0.25) is 0 Å². The molecule has 0 aliphatic heterocycles. The molecule has 1 aromatic heterocycles. The van der Waals surface area contributed by atoms with Crippen LogP contribution in [0.25, 0.3) is 0 Å². The summed E-state index contributed by atoms with van der Waals surface area (Å²) in [6, 6.07) is 2.40. The minimum atomic E-state index is -3.99. The molecule has 1 heterocycles. The Labute approximate surface area is 124 Å². The van der Waals surface area contributed by atoms with Crippen molar-refractivity contribution >= 4 is 25.7 Å². The first-order chi connectivity index (χ1) is 9.55. The average Bonchev–Trinajstić information content (AvgIpc) is 2.34. The van der Waals surface area contributed by atoms with Crippen LogP contribution in [0.4, 0.5) is 5.69 Å². The van der Waals surface area contributed by atoms with E-state index in [-0.39, 0.29) is 17.4 Å². The second-order valence-electron chi connectivity index (χ2n) is 4.83. The highest BCUT2D eigenvalue weighted by molar-refractivity contribution is 7.92. The van der Waals surface area contributed by atoms with Gasteiger partial charge in [0.2, 0.25) is 10.0 Å². The molecule has 8 nitrogen and oxygen atoms in total. The van der Waals surface area contributed by atoms with E-state index in [1.165, 1.54) is 13.2 Å². The maximum atomic E-state index is 12.0. The van der Waals surface area contributed by atoms with Crippen molar-refractivity contribution in [3.63, 3.8) is 0 Å². The van der Waals surface area contributed by atoms with Crippen LogP contribution in [-0.4, -0.2) is 40.8 Å². The molecule has 1 unspecified atom stereocenters. The summed E-state index contributed by atoms with van der Waals surface area (Å²) in [7, 11) is -6.25. The Morgan fingerprint density at radius 3 is 2.43 bits per heavy atom. The Morgan fingerprint density at radius 1 is 1.33 bits per heavy atom. The number of nitrogens with one attached hydrogen (secondary N) is 1. The summed E-state index contributed by atoms with van der Waals surface area (Å²) in [6.07, 6.45) is 0.690. The third-order valence-corrected chi connectivity index (χ3v) is 4.85. The minimum Gasteiger partial charge on any atom is -0.380 e. The van der Waals surface area contributed by atoms with E-state index in [0.717, 1.165) is 12.3 Å². The molecule has 0 aliphatic carbocycles. The zero-order valence-electron chi connectivity index (χ0n) is 12.0. The molecule has 1 atom stereocenters. The topological polar surface area (TPSA) is 128 Å². The molecule has 0 amide bonds. The van der Waals surface area contributed by atoms with Gasteiger partial charge in [-0.15, -0.1) is 0 Å². The summed E-state index contributed by atoms with van der Waals surface area (Å²) in [4.78, 5) is 3.57. The number of ether oxygens (including phenoxy) is 1. The second kappa shape index (κ2) is 6.69. The summed E-state index contributed by atoms with van der Waals surface area (Å²) in [5.74, 6) is -0.224. The number of rotatable bonds is 7. The van der Waals surface area contributed by atoms with Crippen LogP contribution in [0.1, 0.15) is 13.8 Å². The van der Waals surface area contributed by atoms with E-state index in [9.17, 15) is 16.8 Å². The smallest absolute Gasteiger partial charge is 0.255 e. The highest BCUT2D eigenvalue weighted by Gasteiger charge is 2.22. The molecule has 1 rings (SSSR count). The zero-order valence-corrected chi connectivity index (χ0v) is 13.6. The summed E-state index contributed by atoms with van der Waals surface area (Å²) in [6.45, 7) is 3.68. The number of methoxy groups -OCH3 is 1. The maximum Gasteiger partial charge on any atom is 0.255 e. The van der Waals surface area contributed by atoms with Crippen LogP contribution in [0.5, 0.6) is 0 Å². The van der Waals surface area contributed by atoms with Crippen molar-refractivity contribution in [2.75, 3.05) is 17.6 Å². The fraction of sp³-hybridized carbons (Fsp3) is 0.545. The molecule has 3 N–H and O–H groups in total. The first-order valence-corrected chi connectivity index (χ1v) is 9.27. The van der Waals surface area contributed by atoms with Gasteiger partial charge in [0.05, 0.1) is 17.5 Å². The highest BCUT2D eigenvalue weighted by Crippen LogP contribution is 2.15. The molecule has 10 heteroatoms. The van der Waals surface area contributed by atoms with Gasteiger partial charge >= 0.3 is 0 Å². The molecule has 0 saturated carbocycles. The first kappa shape index (κ1) is 17.8. The predicted molar refractivity (Wildman–Crippen MR) is 78.7 cm³/mol. The van der Waals surface area contributed by atoms with Crippen molar-refractivity contribution in [2.24, 2.45) is 11.1 Å². The van der Waals surface area contributed by atoms with Gasteiger partial charge in [-0.05, 0) is 12.0 Å². The van der Waals surface area contributed by atoms with Gasteiger partial charge in [-0.3, -0.25) is 4.72 Å². The van der Waals surface area contributed by atoms with E-state index >= 15 is 0 Å². The fourth-order valence-corrected chi connectivity index (χ4v) is 3.62. The molecule has 0 saturated heterocycles. The number of sulfonamides is 2. The van der Waals surface area contributed by atoms with Crippen LogP contribution in [-0.2, 0) is 24.8 Å². The number of pyridine rings is 1. The molecule has 0 aromatic carbocycles. The Balaban J connectivity index is 2.95. The Kier molecular flexibility index (Phi) is 5.68. The van der Waals surface area contributed by atoms with Gasteiger partial charge in [0.25, 0.3) is 10.0 Å². The number of anilines is 1. The predicted octanol–water partition coefficient (Wildman–Crippen LogP) is 0.142. The summed E-state index contributed by atoms with van der Waals surface area (Å²) in [5, 5.41) is 4.54. The van der Waals surface area contributed by atoms with E-state index < -0.39 is 31.2 Å².